The summed E-state index contributed by atoms with van der Waals surface area (Å²) >= 11 is 0. The second-order valence-corrected chi connectivity index (χ2v) is 9.81. The average Bonchev–Trinajstić information content (AvgIpc) is 3.48. The summed E-state index contributed by atoms with van der Waals surface area (Å²) in [4.78, 5) is 31.2. The summed E-state index contributed by atoms with van der Waals surface area (Å²) in [6, 6.07) is 7.98. The van der Waals surface area contributed by atoms with Crippen LogP contribution in [-0.4, -0.2) is 76.8 Å². The third kappa shape index (κ3) is 4.38. The zero-order valence-corrected chi connectivity index (χ0v) is 21.2. The molecule has 4 aromatic heterocycles. The standard InChI is InChI=1S/C27H30N8O2/c1-33(2)15-18-16-35(10-11-37-18)17-4-5-23(29-12-17)32-22-14-30-25(21-13-31-27(36)24(21)22)19-6-8-28-26-20(19)7-9-34(26)3/h4-9,12,14,18H,10-11,13,15-16H2,1-3H3,(H,29,32)(H,31,36)/t18-/m1/s1. The molecular formula is C27H30N8O2. The first-order valence-corrected chi connectivity index (χ1v) is 12.4. The van der Waals surface area contributed by atoms with Crippen LogP contribution in [0.25, 0.3) is 22.3 Å². The highest BCUT2D eigenvalue weighted by molar-refractivity contribution is 6.06. The number of carbonyl (C=O) groups is 1. The molecule has 2 aliphatic rings. The first kappa shape index (κ1) is 23.4. The smallest absolute Gasteiger partial charge is 0.254 e. The molecule has 10 heteroatoms. The van der Waals surface area contributed by atoms with Crippen molar-refractivity contribution in [2.24, 2.45) is 7.05 Å². The molecule has 6 heterocycles. The minimum Gasteiger partial charge on any atom is -0.373 e. The number of rotatable bonds is 6. The maximum atomic E-state index is 12.9. The van der Waals surface area contributed by atoms with E-state index in [1.807, 2.05) is 42.2 Å². The van der Waals surface area contributed by atoms with E-state index in [1.54, 1.807) is 12.4 Å². The molecule has 190 valence electrons. The molecule has 6 rings (SSSR count). The molecule has 1 saturated heterocycles. The Morgan fingerprint density at radius 3 is 2.86 bits per heavy atom. The van der Waals surface area contributed by atoms with Crippen molar-refractivity contribution in [3.8, 4) is 11.3 Å². The second-order valence-electron chi connectivity index (χ2n) is 9.81. The molecular weight excluding hydrogens is 468 g/mol. The monoisotopic (exact) mass is 498 g/mol. The van der Waals surface area contributed by atoms with E-state index < -0.39 is 0 Å². The average molecular weight is 499 g/mol. The third-order valence-corrected chi connectivity index (χ3v) is 6.94. The van der Waals surface area contributed by atoms with Crippen molar-refractivity contribution in [3.05, 3.63) is 60.2 Å². The summed E-state index contributed by atoms with van der Waals surface area (Å²) in [6.07, 6.45) is 7.52. The molecule has 1 atom stereocenters. The summed E-state index contributed by atoms with van der Waals surface area (Å²) in [5.41, 5.74) is 5.82. The zero-order valence-electron chi connectivity index (χ0n) is 21.2. The number of nitrogens with zero attached hydrogens (tertiary/aromatic N) is 6. The Labute approximate surface area is 215 Å². The molecule has 0 unspecified atom stereocenters. The van der Waals surface area contributed by atoms with Crippen LogP contribution in [0.1, 0.15) is 15.9 Å². The molecule has 37 heavy (non-hydrogen) atoms. The minimum absolute atomic E-state index is 0.114. The van der Waals surface area contributed by atoms with Gasteiger partial charge in [-0.3, -0.25) is 9.78 Å². The number of fused-ring (bicyclic) bond motifs is 2. The predicted molar refractivity (Wildman–Crippen MR) is 143 cm³/mol. The Balaban J connectivity index is 1.26. The van der Waals surface area contributed by atoms with Crippen LogP contribution in [0.5, 0.6) is 0 Å². The van der Waals surface area contributed by atoms with E-state index in [2.05, 4.69) is 50.6 Å². The number of ether oxygens (including phenoxy) is 1. The third-order valence-electron chi connectivity index (χ3n) is 6.94. The van der Waals surface area contributed by atoms with Gasteiger partial charge in [0.05, 0.1) is 47.7 Å². The number of morpholine rings is 1. The molecule has 0 saturated carbocycles. The molecule has 0 aromatic carbocycles. The van der Waals surface area contributed by atoms with Gasteiger partial charge in [0, 0.05) is 62.1 Å². The Bertz CT molecular complexity index is 1460. The highest BCUT2D eigenvalue weighted by Gasteiger charge is 2.28. The molecule has 0 bridgehead atoms. The maximum Gasteiger partial charge on any atom is 0.254 e. The lowest BCUT2D eigenvalue weighted by atomic mass is 10.0. The van der Waals surface area contributed by atoms with E-state index in [-0.39, 0.29) is 12.0 Å². The van der Waals surface area contributed by atoms with Crippen molar-refractivity contribution in [2.75, 3.05) is 50.6 Å². The molecule has 0 spiro atoms. The highest BCUT2D eigenvalue weighted by Crippen LogP contribution is 2.36. The van der Waals surface area contributed by atoms with Gasteiger partial charge in [-0.25, -0.2) is 9.97 Å². The van der Waals surface area contributed by atoms with Crippen molar-refractivity contribution < 1.29 is 9.53 Å². The summed E-state index contributed by atoms with van der Waals surface area (Å²) in [5, 5.41) is 7.29. The van der Waals surface area contributed by atoms with Gasteiger partial charge in [-0.05, 0) is 38.4 Å². The number of pyridine rings is 3. The molecule has 1 fully saturated rings. The summed E-state index contributed by atoms with van der Waals surface area (Å²) in [6.45, 7) is 3.68. The van der Waals surface area contributed by atoms with Crippen LogP contribution in [0.3, 0.4) is 0 Å². The lowest BCUT2D eigenvalue weighted by molar-refractivity contribution is 0.0247. The van der Waals surface area contributed by atoms with Crippen LogP contribution in [-0.2, 0) is 18.3 Å². The fourth-order valence-corrected chi connectivity index (χ4v) is 5.20. The number of carbonyl (C=O) groups excluding carboxylic acids is 1. The number of anilines is 3. The normalized spacial score (nSPS) is 17.4. The van der Waals surface area contributed by atoms with E-state index in [9.17, 15) is 4.79 Å². The van der Waals surface area contributed by atoms with Gasteiger partial charge in [0.15, 0.2) is 0 Å². The van der Waals surface area contributed by atoms with E-state index >= 15 is 0 Å². The van der Waals surface area contributed by atoms with Gasteiger partial charge in [-0.15, -0.1) is 0 Å². The zero-order chi connectivity index (χ0) is 25.5. The van der Waals surface area contributed by atoms with Gasteiger partial charge in [0.25, 0.3) is 5.91 Å². The number of amides is 1. The van der Waals surface area contributed by atoms with Crippen molar-refractivity contribution in [1.82, 2.24) is 29.7 Å². The van der Waals surface area contributed by atoms with Gasteiger partial charge < -0.3 is 29.7 Å². The lowest BCUT2D eigenvalue weighted by Gasteiger charge is -2.35. The number of hydrogen-bond acceptors (Lipinski definition) is 8. The minimum atomic E-state index is -0.114. The molecule has 4 aromatic rings. The topological polar surface area (TPSA) is 100 Å². The van der Waals surface area contributed by atoms with Crippen molar-refractivity contribution in [3.63, 3.8) is 0 Å². The van der Waals surface area contributed by atoms with Gasteiger partial charge in [0.1, 0.15) is 11.5 Å². The van der Waals surface area contributed by atoms with E-state index in [0.717, 1.165) is 53.2 Å². The number of hydrogen-bond donors (Lipinski definition) is 2. The molecule has 2 N–H and O–H groups in total. The fraction of sp³-hybridized carbons (Fsp3) is 0.333. The van der Waals surface area contributed by atoms with Gasteiger partial charge >= 0.3 is 0 Å². The molecule has 2 aliphatic heterocycles. The number of aromatic nitrogens is 4. The number of likely N-dealkylation sites (N-methyl/N-ethyl adjacent to an activating group) is 1. The van der Waals surface area contributed by atoms with Crippen molar-refractivity contribution in [2.45, 2.75) is 12.6 Å². The van der Waals surface area contributed by atoms with Crippen LogP contribution in [0.4, 0.5) is 17.2 Å². The van der Waals surface area contributed by atoms with Crippen molar-refractivity contribution >= 4 is 34.1 Å². The van der Waals surface area contributed by atoms with E-state index in [4.69, 9.17) is 9.72 Å². The summed E-state index contributed by atoms with van der Waals surface area (Å²) < 4.78 is 7.88. The van der Waals surface area contributed by atoms with Gasteiger partial charge in [-0.1, -0.05) is 0 Å². The SMILES string of the molecule is CN(C)C[C@@H]1CN(c2ccc(Nc3cnc(-c4ccnc5c4ccn5C)c4c3C(=O)NC4)nc2)CCO1. The van der Waals surface area contributed by atoms with Crippen LogP contribution in [0.15, 0.2) is 49.1 Å². The van der Waals surface area contributed by atoms with Gasteiger partial charge in [-0.2, -0.15) is 0 Å². The second kappa shape index (κ2) is 9.45. The van der Waals surface area contributed by atoms with Crippen LogP contribution < -0.4 is 15.5 Å². The molecule has 1 amide bonds. The quantitative estimate of drug-likeness (QED) is 0.419. The van der Waals surface area contributed by atoms with Crippen molar-refractivity contribution in [1.29, 1.82) is 0 Å². The summed E-state index contributed by atoms with van der Waals surface area (Å²) in [7, 11) is 6.08. The lowest BCUT2D eigenvalue weighted by Crippen LogP contribution is -2.46. The first-order chi connectivity index (χ1) is 18.0. The molecule has 0 aliphatic carbocycles. The van der Waals surface area contributed by atoms with E-state index in [0.29, 0.717) is 30.2 Å². The molecule has 0 radical (unpaired) electrons. The van der Waals surface area contributed by atoms with Gasteiger partial charge in [0.2, 0.25) is 0 Å². The molecule has 10 nitrogen and oxygen atoms in total. The Morgan fingerprint density at radius 2 is 2.05 bits per heavy atom. The fourth-order valence-electron chi connectivity index (χ4n) is 5.20. The maximum absolute atomic E-state index is 12.9. The first-order valence-electron chi connectivity index (χ1n) is 12.4. The Kier molecular flexibility index (Phi) is 5.97. The highest BCUT2D eigenvalue weighted by atomic mass is 16.5. The number of aryl methyl sites for hydroxylation is 1. The number of nitrogens with one attached hydrogen (secondary N) is 2. The Hall–Kier alpha value is -4.02. The van der Waals surface area contributed by atoms with Crippen LogP contribution >= 0.6 is 0 Å². The predicted octanol–water partition coefficient (Wildman–Crippen LogP) is 2.78. The van der Waals surface area contributed by atoms with Crippen LogP contribution in [0.2, 0.25) is 0 Å². The van der Waals surface area contributed by atoms with Crippen LogP contribution in [0, 0.1) is 0 Å². The summed E-state index contributed by atoms with van der Waals surface area (Å²) in [5.74, 6) is 0.545. The Morgan fingerprint density at radius 1 is 1.16 bits per heavy atom. The largest absolute Gasteiger partial charge is 0.373 e. The van der Waals surface area contributed by atoms with E-state index in [1.165, 1.54) is 0 Å².